The summed E-state index contributed by atoms with van der Waals surface area (Å²) in [5, 5.41) is 17.1. The molecule has 0 saturated carbocycles. The number of nitrogens with one attached hydrogen (secondary N) is 2. The molecule has 0 spiro atoms. The number of hydrogen-bond acceptors (Lipinski definition) is 4. The largest absolute Gasteiger partial charge is 0.321 e. The molecular weight excluding hydrogens is 336 g/mol. The van der Waals surface area contributed by atoms with Crippen LogP contribution in [0.2, 0.25) is 0 Å². The zero-order valence-electron chi connectivity index (χ0n) is 11.0. The van der Waals surface area contributed by atoms with Crippen LogP contribution in [0.5, 0.6) is 0 Å². The SMILES string of the molecule is Cn1cnnc1-c1cccc(NC(=O)c2[nH]ncc2Br)c1. The lowest BCUT2D eigenvalue weighted by molar-refractivity contribution is 0.102. The summed E-state index contributed by atoms with van der Waals surface area (Å²) in [4.78, 5) is 12.1. The highest BCUT2D eigenvalue weighted by Gasteiger charge is 2.13. The number of rotatable bonds is 3. The quantitative estimate of drug-likeness (QED) is 0.760. The number of aryl methyl sites for hydroxylation is 1. The van der Waals surface area contributed by atoms with Gasteiger partial charge in [0.25, 0.3) is 5.91 Å². The molecule has 0 saturated heterocycles. The maximum Gasteiger partial charge on any atom is 0.274 e. The topological polar surface area (TPSA) is 88.5 Å². The number of nitrogens with zero attached hydrogens (tertiary/aromatic N) is 4. The van der Waals surface area contributed by atoms with Gasteiger partial charge < -0.3 is 9.88 Å². The summed E-state index contributed by atoms with van der Waals surface area (Å²) in [6.45, 7) is 0. The summed E-state index contributed by atoms with van der Waals surface area (Å²) in [6, 6.07) is 7.40. The van der Waals surface area contributed by atoms with E-state index in [1.54, 1.807) is 6.33 Å². The van der Waals surface area contributed by atoms with Gasteiger partial charge in [-0.05, 0) is 28.1 Å². The number of aromatic nitrogens is 5. The fourth-order valence-corrected chi connectivity index (χ4v) is 2.28. The maximum atomic E-state index is 12.1. The van der Waals surface area contributed by atoms with Crippen molar-refractivity contribution in [2.75, 3.05) is 5.32 Å². The molecule has 21 heavy (non-hydrogen) atoms. The van der Waals surface area contributed by atoms with Crippen LogP contribution in [-0.4, -0.2) is 30.9 Å². The van der Waals surface area contributed by atoms with Crippen LogP contribution in [0.4, 0.5) is 5.69 Å². The standard InChI is InChI=1S/C13H11BrN6O/c1-20-7-16-19-12(20)8-3-2-4-9(5-8)17-13(21)11-10(14)6-15-18-11/h2-7H,1H3,(H,15,18)(H,17,21). The molecule has 0 fully saturated rings. The average Bonchev–Trinajstić information content (AvgIpc) is 3.07. The van der Waals surface area contributed by atoms with Crippen molar-refractivity contribution in [2.24, 2.45) is 7.05 Å². The molecule has 3 rings (SSSR count). The number of carbonyl (C=O) groups is 1. The van der Waals surface area contributed by atoms with Crippen LogP contribution < -0.4 is 5.32 Å². The summed E-state index contributed by atoms with van der Waals surface area (Å²) in [5.41, 5.74) is 1.91. The lowest BCUT2D eigenvalue weighted by atomic mass is 10.2. The highest BCUT2D eigenvalue weighted by molar-refractivity contribution is 9.10. The minimum atomic E-state index is -0.269. The Morgan fingerprint density at radius 1 is 1.43 bits per heavy atom. The molecule has 0 aliphatic rings. The maximum absolute atomic E-state index is 12.1. The van der Waals surface area contributed by atoms with Gasteiger partial charge in [0.1, 0.15) is 12.0 Å². The highest BCUT2D eigenvalue weighted by Crippen LogP contribution is 2.21. The Labute approximate surface area is 128 Å². The molecule has 1 amide bonds. The van der Waals surface area contributed by atoms with Crippen molar-refractivity contribution in [1.29, 1.82) is 0 Å². The van der Waals surface area contributed by atoms with Crippen molar-refractivity contribution < 1.29 is 4.79 Å². The molecule has 0 unspecified atom stereocenters. The Kier molecular flexibility index (Phi) is 3.53. The van der Waals surface area contributed by atoms with E-state index in [4.69, 9.17) is 0 Å². The van der Waals surface area contributed by atoms with Gasteiger partial charge in [-0.3, -0.25) is 9.89 Å². The molecule has 0 aliphatic carbocycles. The number of H-pyrrole nitrogens is 1. The summed E-state index contributed by atoms with van der Waals surface area (Å²) >= 11 is 3.26. The van der Waals surface area contributed by atoms with Crippen LogP contribution in [0.3, 0.4) is 0 Å². The van der Waals surface area contributed by atoms with E-state index in [1.807, 2.05) is 35.9 Å². The number of hydrogen-bond donors (Lipinski definition) is 2. The average molecular weight is 347 g/mol. The van der Waals surface area contributed by atoms with E-state index in [-0.39, 0.29) is 5.91 Å². The van der Waals surface area contributed by atoms with Crippen molar-refractivity contribution in [3.63, 3.8) is 0 Å². The number of halogens is 1. The molecule has 0 aliphatic heterocycles. The Bertz CT molecular complexity index is 793. The summed E-state index contributed by atoms with van der Waals surface area (Å²) < 4.78 is 2.43. The molecule has 8 heteroatoms. The minimum Gasteiger partial charge on any atom is -0.321 e. The predicted octanol–water partition coefficient (Wildman–Crippen LogP) is 2.22. The Morgan fingerprint density at radius 3 is 2.95 bits per heavy atom. The number of anilines is 1. The summed E-state index contributed by atoms with van der Waals surface area (Å²) in [6.07, 6.45) is 3.16. The lowest BCUT2D eigenvalue weighted by Crippen LogP contribution is -2.13. The smallest absolute Gasteiger partial charge is 0.274 e. The van der Waals surface area contributed by atoms with E-state index >= 15 is 0 Å². The highest BCUT2D eigenvalue weighted by atomic mass is 79.9. The van der Waals surface area contributed by atoms with E-state index in [1.165, 1.54) is 6.20 Å². The monoisotopic (exact) mass is 346 g/mol. The Hall–Kier alpha value is -2.48. The van der Waals surface area contributed by atoms with Crippen LogP contribution in [0.1, 0.15) is 10.5 Å². The third-order valence-corrected chi connectivity index (χ3v) is 3.51. The second-order valence-electron chi connectivity index (χ2n) is 4.39. The van der Waals surface area contributed by atoms with Crippen molar-refractivity contribution in [1.82, 2.24) is 25.0 Å². The van der Waals surface area contributed by atoms with Crippen molar-refractivity contribution >= 4 is 27.5 Å². The molecule has 0 atom stereocenters. The molecule has 2 heterocycles. The zero-order valence-corrected chi connectivity index (χ0v) is 12.6. The second kappa shape index (κ2) is 5.49. The normalized spacial score (nSPS) is 10.6. The van der Waals surface area contributed by atoms with E-state index in [0.717, 1.165) is 11.4 Å². The van der Waals surface area contributed by atoms with Gasteiger partial charge in [0, 0.05) is 18.3 Å². The summed E-state index contributed by atoms with van der Waals surface area (Å²) in [7, 11) is 1.86. The first-order valence-corrected chi connectivity index (χ1v) is 6.89. The molecule has 2 N–H and O–H groups in total. The molecule has 0 radical (unpaired) electrons. The van der Waals surface area contributed by atoms with Gasteiger partial charge in [-0.25, -0.2) is 0 Å². The van der Waals surface area contributed by atoms with E-state index in [2.05, 4.69) is 41.6 Å². The van der Waals surface area contributed by atoms with Gasteiger partial charge >= 0.3 is 0 Å². The van der Waals surface area contributed by atoms with Gasteiger partial charge in [0.15, 0.2) is 5.82 Å². The van der Waals surface area contributed by atoms with Crippen LogP contribution in [0.15, 0.2) is 41.3 Å². The first-order chi connectivity index (χ1) is 10.1. The van der Waals surface area contributed by atoms with Gasteiger partial charge in [0.2, 0.25) is 0 Å². The van der Waals surface area contributed by atoms with Crippen molar-refractivity contribution in [3.05, 3.63) is 47.0 Å². The summed E-state index contributed by atoms with van der Waals surface area (Å²) in [5.74, 6) is 0.461. The Balaban J connectivity index is 1.86. The first kappa shape index (κ1) is 13.5. The third-order valence-electron chi connectivity index (χ3n) is 2.91. The fourth-order valence-electron chi connectivity index (χ4n) is 1.90. The molecular formula is C13H11BrN6O. The van der Waals surface area contributed by atoms with Gasteiger partial charge in [-0.1, -0.05) is 12.1 Å². The molecule has 3 aromatic rings. The number of amides is 1. The second-order valence-corrected chi connectivity index (χ2v) is 5.25. The number of carbonyl (C=O) groups excluding carboxylic acids is 1. The predicted molar refractivity (Wildman–Crippen MR) is 80.7 cm³/mol. The van der Waals surface area contributed by atoms with Gasteiger partial charge in [0.05, 0.1) is 10.7 Å². The van der Waals surface area contributed by atoms with E-state index < -0.39 is 0 Å². The van der Waals surface area contributed by atoms with Crippen molar-refractivity contribution in [2.45, 2.75) is 0 Å². The first-order valence-electron chi connectivity index (χ1n) is 6.10. The van der Waals surface area contributed by atoms with Crippen LogP contribution in [0.25, 0.3) is 11.4 Å². The van der Waals surface area contributed by atoms with Gasteiger partial charge in [-0.2, -0.15) is 5.10 Å². The van der Waals surface area contributed by atoms with Gasteiger partial charge in [-0.15, -0.1) is 10.2 Å². The molecule has 2 aromatic heterocycles. The van der Waals surface area contributed by atoms with E-state index in [0.29, 0.717) is 15.9 Å². The number of aromatic amines is 1. The molecule has 0 bridgehead atoms. The number of benzene rings is 1. The van der Waals surface area contributed by atoms with E-state index in [9.17, 15) is 4.79 Å². The third kappa shape index (κ3) is 2.70. The molecule has 1 aromatic carbocycles. The van der Waals surface area contributed by atoms with Crippen LogP contribution in [0, 0.1) is 0 Å². The van der Waals surface area contributed by atoms with Crippen molar-refractivity contribution in [3.8, 4) is 11.4 Å². The lowest BCUT2D eigenvalue weighted by Gasteiger charge is -2.06. The Morgan fingerprint density at radius 2 is 2.29 bits per heavy atom. The molecule has 106 valence electrons. The van der Waals surface area contributed by atoms with Crippen LogP contribution in [-0.2, 0) is 7.05 Å². The van der Waals surface area contributed by atoms with Crippen LogP contribution >= 0.6 is 15.9 Å². The molecule has 7 nitrogen and oxygen atoms in total. The zero-order chi connectivity index (χ0) is 14.8. The fraction of sp³-hybridized carbons (Fsp3) is 0.0769. The minimum absolute atomic E-state index is 0.269.